The summed E-state index contributed by atoms with van der Waals surface area (Å²) in [6.07, 6.45) is 1.52. The average Bonchev–Trinajstić information content (AvgIpc) is 3.23. The van der Waals surface area contributed by atoms with Crippen LogP contribution in [0.15, 0.2) is 85.5 Å². The maximum absolute atomic E-state index is 13.3. The number of fused-ring (bicyclic) bond motifs is 2. The second kappa shape index (κ2) is 8.89. The zero-order valence-corrected chi connectivity index (χ0v) is 20.0. The number of para-hydroxylation sites is 1. The third-order valence-electron chi connectivity index (χ3n) is 4.98. The number of aromatic nitrogens is 2. The maximum Gasteiger partial charge on any atom is 0.308 e. The number of nitrogens with zero attached hydrogens (tertiary/aromatic N) is 3. The summed E-state index contributed by atoms with van der Waals surface area (Å²) >= 11 is 9.49. The van der Waals surface area contributed by atoms with Gasteiger partial charge in [-0.1, -0.05) is 23.7 Å². The van der Waals surface area contributed by atoms with Gasteiger partial charge in [-0.2, -0.15) is 9.78 Å². The summed E-state index contributed by atoms with van der Waals surface area (Å²) < 4.78 is 12.9. The summed E-state index contributed by atoms with van der Waals surface area (Å²) in [6.45, 7) is 1.33. The van der Waals surface area contributed by atoms with E-state index >= 15 is 0 Å². The maximum atomic E-state index is 13.3. The van der Waals surface area contributed by atoms with Crippen molar-refractivity contribution in [1.82, 2.24) is 9.66 Å². The molecule has 0 amide bonds. The van der Waals surface area contributed by atoms with Crippen LogP contribution in [0.1, 0.15) is 12.5 Å². The molecule has 0 aliphatic heterocycles. The highest BCUT2D eigenvalue weighted by Crippen LogP contribution is 2.29. The molecule has 0 aliphatic carbocycles. The number of esters is 1. The van der Waals surface area contributed by atoms with Gasteiger partial charge in [0.1, 0.15) is 11.3 Å². The van der Waals surface area contributed by atoms with Crippen LogP contribution in [0.3, 0.4) is 0 Å². The summed E-state index contributed by atoms with van der Waals surface area (Å²) in [7, 11) is 0. The predicted molar refractivity (Wildman–Crippen MR) is 135 cm³/mol. The number of carbonyl (C=O) groups is 1. The van der Waals surface area contributed by atoms with E-state index in [0.29, 0.717) is 43.1 Å². The van der Waals surface area contributed by atoms with Gasteiger partial charge in [0.25, 0.3) is 5.56 Å². The van der Waals surface area contributed by atoms with Gasteiger partial charge in [0.05, 0.1) is 21.6 Å². The van der Waals surface area contributed by atoms with Crippen molar-refractivity contribution in [2.45, 2.75) is 6.92 Å². The van der Waals surface area contributed by atoms with Gasteiger partial charge in [-0.15, -0.1) is 0 Å². The van der Waals surface area contributed by atoms with Crippen LogP contribution < -0.4 is 10.3 Å². The third kappa shape index (κ3) is 4.25. The van der Waals surface area contributed by atoms with Crippen molar-refractivity contribution in [3.63, 3.8) is 0 Å². The minimum atomic E-state index is -0.423. The van der Waals surface area contributed by atoms with E-state index < -0.39 is 5.97 Å². The molecule has 0 unspecified atom stereocenters. The molecular weight excluding hydrogens is 522 g/mol. The Kier molecular flexibility index (Phi) is 5.77. The zero-order chi connectivity index (χ0) is 23.8. The lowest BCUT2D eigenvalue weighted by atomic mass is 10.2. The molecule has 0 atom stereocenters. The number of carbonyl (C=O) groups excluding carboxylic acids is 1. The highest BCUT2D eigenvalue weighted by atomic mass is 79.9. The van der Waals surface area contributed by atoms with E-state index in [1.165, 1.54) is 17.8 Å². The van der Waals surface area contributed by atoms with Gasteiger partial charge in [-0.25, -0.2) is 4.98 Å². The molecule has 2 aromatic heterocycles. The quantitative estimate of drug-likeness (QED) is 0.159. The minimum absolute atomic E-state index is 0.253. The van der Waals surface area contributed by atoms with Gasteiger partial charge < -0.3 is 9.15 Å². The van der Waals surface area contributed by atoms with Crippen molar-refractivity contribution in [2.24, 2.45) is 5.10 Å². The number of hydrogen-bond donors (Lipinski definition) is 0. The van der Waals surface area contributed by atoms with Crippen molar-refractivity contribution < 1.29 is 13.9 Å². The van der Waals surface area contributed by atoms with E-state index in [2.05, 4.69) is 26.0 Å². The monoisotopic (exact) mass is 535 g/mol. The molecular formula is C25H15BrClN3O4. The lowest BCUT2D eigenvalue weighted by Gasteiger charge is -2.08. The molecule has 0 radical (unpaired) electrons. The predicted octanol–water partition coefficient (Wildman–Crippen LogP) is 6.03. The Hall–Kier alpha value is -3.75. The van der Waals surface area contributed by atoms with Crippen LogP contribution in [0.25, 0.3) is 33.5 Å². The van der Waals surface area contributed by atoms with E-state index in [9.17, 15) is 9.59 Å². The van der Waals surface area contributed by atoms with E-state index in [1.807, 2.05) is 6.07 Å². The van der Waals surface area contributed by atoms with E-state index in [0.717, 1.165) is 5.39 Å². The Bertz CT molecular complexity index is 1670. The molecule has 0 aliphatic rings. The zero-order valence-electron chi connectivity index (χ0n) is 17.7. The van der Waals surface area contributed by atoms with Crippen LogP contribution in [-0.4, -0.2) is 21.8 Å². The van der Waals surface area contributed by atoms with E-state index in [4.69, 9.17) is 20.8 Å². The molecule has 0 bridgehead atoms. The fourth-order valence-electron chi connectivity index (χ4n) is 3.47. The summed E-state index contributed by atoms with van der Waals surface area (Å²) in [5, 5.41) is 6.21. The van der Waals surface area contributed by atoms with Crippen molar-refractivity contribution in [3.05, 3.63) is 92.1 Å². The van der Waals surface area contributed by atoms with Crippen LogP contribution in [0.5, 0.6) is 5.75 Å². The first kappa shape index (κ1) is 22.1. The largest absolute Gasteiger partial charge is 0.453 e. The van der Waals surface area contributed by atoms with Crippen LogP contribution in [-0.2, 0) is 4.79 Å². The molecule has 7 nitrogen and oxygen atoms in total. The van der Waals surface area contributed by atoms with Gasteiger partial charge in [0, 0.05) is 17.3 Å². The molecule has 0 saturated carbocycles. The van der Waals surface area contributed by atoms with Gasteiger partial charge >= 0.3 is 5.97 Å². The molecule has 0 spiro atoms. The number of benzene rings is 3. The van der Waals surface area contributed by atoms with Crippen LogP contribution in [0.4, 0.5) is 0 Å². The lowest BCUT2D eigenvalue weighted by Crippen LogP contribution is -2.20. The molecule has 5 rings (SSSR count). The standard InChI is InChI=1S/C25H15BrClN3O4/c1-14(31)33-22-8-6-15(10-19(22)26)13-28-30-24(29-20-5-3-2-4-18(20)25(30)32)23-12-16-11-17(27)7-9-21(16)34-23/h2-13H,1H3. The van der Waals surface area contributed by atoms with Crippen molar-refractivity contribution >= 4 is 61.6 Å². The van der Waals surface area contributed by atoms with Crippen molar-refractivity contribution in [1.29, 1.82) is 0 Å². The average molecular weight is 537 g/mol. The minimum Gasteiger partial charge on any atom is -0.453 e. The molecule has 5 aromatic rings. The van der Waals surface area contributed by atoms with Gasteiger partial charge in [0.15, 0.2) is 5.76 Å². The molecule has 34 heavy (non-hydrogen) atoms. The number of hydrogen-bond acceptors (Lipinski definition) is 6. The Labute approximate surface area is 206 Å². The summed E-state index contributed by atoms with van der Waals surface area (Å²) in [4.78, 5) is 29.2. The first-order chi connectivity index (χ1) is 16.4. The van der Waals surface area contributed by atoms with Crippen LogP contribution in [0, 0.1) is 0 Å². The summed E-state index contributed by atoms with van der Waals surface area (Å²) in [5.41, 5.74) is 1.47. The molecule has 0 N–H and O–H groups in total. The summed E-state index contributed by atoms with van der Waals surface area (Å²) in [5.74, 6) is 0.593. The third-order valence-corrected chi connectivity index (χ3v) is 5.84. The van der Waals surface area contributed by atoms with E-state index in [-0.39, 0.29) is 11.4 Å². The van der Waals surface area contributed by atoms with Gasteiger partial charge in [-0.3, -0.25) is 9.59 Å². The fourth-order valence-corrected chi connectivity index (χ4v) is 4.13. The van der Waals surface area contributed by atoms with Gasteiger partial charge in [-0.05, 0) is 76.1 Å². The number of halogens is 2. The SMILES string of the molecule is CC(=O)Oc1ccc(C=Nn2c(-c3cc4cc(Cl)ccc4o3)nc3ccccc3c2=O)cc1Br. The second-order valence-electron chi connectivity index (χ2n) is 7.39. The first-order valence-electron chi connectivity index (χ1n) is 10.1. The van der Waals surface area contributed by atoms with Crippen LogP contribution in [0.2, 0.25) is 5.02 Å². The molecule has 9 heteroatoms. The molecule has 0 saturated heterocycles. The molecule has 2 heterocycles. The smallest absolute Gasteiger partial charge is 0.308 e. The molecule has 168 valence electrons. The number of furan rings is 1. The Balaban J connectivity index is 1.65. The molecule has 0 fully saturated rings. The Morgan fingerprint density at radius 1 is 1.15 bits per heavy atom. The highest BCUT2D eigenvalue weighted by molar-refractivity contribution is 9.10. The number of ether oxygens (including phenoxy) is 1. The van der Waals surface area contributed by atoms with Gasteiger partial charge in [0.2, 0.25) is 5.82 Å². The lowest BCUT2D eigenvalue weighted by molar-refractivity contribution is -0.131. The Morgan fingerprint density at radius 3 is 2.76 bits per heavy atom. The molecule has 3 aromatic carbocycles. The van der Waals surface area contributed by atoms with Crippen molar-refractivity contribution in [2.75, 3.05) is 0 Å². The summed E-state index contributed by atoms with van der Waals surface area (Å²) in [6, 6.07) is 19.2. The fraction of sp³-hybridized carbons (Fsp3) is 0.0400. The topological polar surface area (TPSA) is 86.7 Å². The van der Waals surface area contributed by atoms with Crippen LogP contribution >= 0.6 is 27.5 Å². The normalized spacial score (nSPS) is 11.5. The first-order valence-corrected chi connectivity index (χ1v) is 11.3. The van der Waals surface area contributed by atoms with E-state index in [1.54, 1.807) is 60.7 Å². The Morgan fingerprint density at radius 2 is 1.97 bits per heavy atom. The number of rotatable bonds is 4. The van der Waals surface area contributed by atoms with Crippen molar-refractivity contribution in [3.8, 4) is 17.3 Å². The highest BCUT2D eigenvalue weighted by Gasteiger charge is 2.16. The second-order valence-corrected chi connectivity index (χ2v) is 8.68.